The van der Waals surface area contributed by atoms with Gasteiger partial charge in [0.2, 0.25) is 5.91 Å². The average Bonchev–Trinajstić information content (AvgIpc) is 3.47. The molecule has 228 valence electrons. The predicted molar refractivity (Wildman–Crippen MR) is 154 cm³/mol. The van der Waals surface area contributed by atoms with Crippen LogP contribution in [-0.4, -0.2) is 75.3 Å². The quantitative estimate of drug-likeness (QED) is 0.442. The second-order valence-electron chi connectivity index (χ2n) is 15.6. The lowest BCUT2D eigenvalue weighted by Gasteiger charge is -2.63. The molecule has 40 heavy (non-hydrogen) atoms. The normalized spacial score (nSPS) is 48.7. The van der Waals surface area contributed by atoms with E-state index in [2.05, 4.69) is 37.9 Å². The van der Waals surface area contributed by atoms with Gasteiger partial charge < -0.3 is 15.3 Å². The average molecular weight is 581 g/mol. The summed E-state index contributed by atoms with van der Waals surface area (Å²) in [5.74, 6) is 0.438. The lowest BCUT2D eigenvalue weighted by atomic mass is 9.41. The molecule has 0 saturated heterocycles. The Bertz CT molecular complexity index is 1190. The number of carbonyl (C=O) groups is 2. The van der Waals surface area contributed by atoms with Gasteiger partial charge in [-0.1, -0.05) is 34.6 Å². The first-order valence-electron chi connectivity index (χ1n) is 15.3. The maximum Gasteiger partial charge on any atom is 0.264 e. The van der Waals surface area contributed by atoms with Gasteiger partial charge in [0.05, 0.1) is 19.0 Å². The van der Waals surface area contributed by atoms with E-state index >= 15 is 0 Å². The van der Waals surface area contributed by atoms with Crippen LogP contribution < -0.4 is 5.32 Å². The molecule has 0 aromatic heterocycles. The van der Waals surface area contributed by atoms with E-state index in [1.54, 1.807) is 0 Å². The topological polar surface area (TPSA) is 113 Å². The molecule has 5 fully saturated rings. The third-order valence-electron chi connectivity index (χ3n) is 13.5. The molecule has 5 aliphatic rings. The highest BCUT2D eigenvalue weighted by molar-refractivity contribution is 7.86. The van der Waals surface area contributed by atoms with Crippen LogP contribution in [0.5, 0.6) is 0 Å². The van der Waals surface area contributed by atoms with Gasteiger partial charge in [0.15, 0.2) is 0 Å². The molecular weight excluding hydrogens is 528 g/mol. The van der Waals surface area contributed by atoms with Crippen molar-refractivity contribution in [2.24, 2.45) is 50.7 Å². The standard InChI is InChI=1S/C31H52N2O6S/c1-18(2)26(36)32-23-12-13-30-16-31(30)22(11-10-21(30)27(23,4)17-34)28(5)14-20(39-40(9,37)38)25(19(3)33(7)8)29(28,6)15-24(31)35/h18-23,25,34H,10-17H2,1-9H3,(H,32,36)/t19-,20+,21-,22-,23-,25-,27-,28-,29+,30?,31-/m0/s1. The van der Waals surface area contributed by atoms with Gasteiger partial charge in [0.25, 0.3) is 10.1 Å². The summed E-state index contributed by atoms with van der Waals surface area (Å²) in [5, 5.41) is 14.1. The van der Waals surface area contributed by atoms with Gasteiger partial charge in [-0.25, -0.2) is 0 Å². The molecule has 9 heteroatoms. The summed E-state index contributed by atoms with van der Waals surface area (Å²) >= 11 is 0. The monoisotopic (exact) mass is 580 g/mol. The van der Waals surface area contributed by atoms with E-state index < -0.39 is 32.5 Å². The van der Waals surface area contributed by atoms with E-state index in [4.69, 9.17) is 4.18 Å². The second kappa shape index (κ2) is 9.23. The first-order valence-corrected chi connectivity index (χ1v) is 17.2. The van der Waals surface area contributed by atoms with E-state index in [1.165, 1.54) is 0 Å². The number of ketones is 1. The molecular formula is C31H52N2O6S. The third-order valence-corrected chi connectivity index (χ3v) is 14.1. The summed E-state index contributed by atoms with van der Waals surface area (Å²) in [4.78, 5) is 29.4. The number of hydrogen-bond acceptors (Lipinski definition) is 7. The molecule has 0 radical (unpaired) electrons. The van der Waals surface area contributed by atoms with Crippen molar-refractivity contribution in [2.45, 2.75) is 105 Å². The molecule has 0 aromatic carbocycles. The van der Waals surface area contributed by atoms with Crippen LogP contribution in [-0.2, 0) is 23.9 Å². The van der Waals surface area contributed by atoms with Gasteiger partial charge >= 0.3 is 0 Å². The second-order valence-corrected chi connectivity index (χ2v) is 17.2. The maximum absolute atomic E-state index is 14.6. The van der Waals surface area contributed by atoms with Gasteiger partial charge in [-0.05, 0) is 87.6 Å². The molecule has 5 rings (SSSR count). The molecule has 8 nitrogen and oxygen atoms in total. The Morgan fingerprint density at radius 1 is 1.10 bits per heavy atom. The number of nitrogens with one attached hydrogen (secondary N) is 1. The minimum absolute atomic E-state index is 0.0146. The van der Waals surface area contributed by atoms with Crippen LogP contribution >= 0.6 is 0 Å². The van der Waals surface area contributed by atoms with Crippen LogP contribution in [0.1, 0.15) is 86.5 Å². The van der Waals surface area contributed by atoms with Gasteiger partial charge in [0, 0.05) is 41.2 Å². The number of hydrogen-bond donors (Lipinski definition) is 2. The van der Waals surface area contributed by atoms with Gasteiger partial charge in [-0.3, -0.25) is 13.8 Å². The van der Waals surface area contributed by atoms with Crippen molar-refractivity contribution in [3.63, 3.8) is 0 Å². The first kappa shape index (κ1) is 30.4. The molecule has 5 saturated carbocycles. The van der Waals surface area contributed by atoms with Gasteiger partial charge in [-0.2, -0.15) is 8.42 Å². The molecule has 2 N–H and O–H groups in total. The van der Waals surface area contributed by atoms with Gasteiger partial charge in [0.1, 0.15) is 5.78 Å². The number of fused-ring (bicyclic) bond motifs is 2. The van der Waals surface area contributed by atoms with Crippen molar-refractivity contribution < 1.29 is 27.3 Å². The number of aliphatic hydroxyl groups excluding tert-OH is 1. The van der Waals surface area contributed by atoms with E-state index in [-0.39, 0.29) is 59.1 Å². The number of amides is 1. The molecule has 1 amide bonds. The highest BCUT2D eigenvalue weighted by Crippen LogP contribution is 2.88. The summed E-state index contributed by atoms with van der Waals surface area (Å²) in [7, 11) is 0.358. The number of Topliss-reactive ketones (excluding diaryl/α,β-unsaturated/α-hetero) is 1. The largest absolute Gasteiger partial charge is 0.396 e. The Morgan fingerprint density at radius 2 is 1.73 bits per heavy atom. The highest BCUT2D eigenvalue weighted by atomic mass is 32.2. The summed E-state index contributed by atoms with van der Waals surface area (Å²) < 4.78 is 30.7. The van der Waals surface area contributed by atoms with Crippen LogP contribution in [0.3, 0.4) is 0 Å². The zero-order valence-electron chi connectivity index (χ0n) is 26.0. The summed E-state index contributed by atoms with van der Waals surface area (Å²) in [6, 6.07) is -0.0660. The number of rotatable bonds is 7. The number of carbonyl (C=O) groups excluding carboxylic acids is 2. The zero-order chi connectivity index (χ0) is 29.8. The third kappa shape index (κ3) is 3.82. The van der Waals surface area contributed by atoms with Crippen LogP contribution in [0.2, 0.25) is 0 Å². The predicted octanol–water partition coefficient (Wildman–Crippen LogP) is 3.62. The van der Waals surface area contributed by atoms with Crippen LogP contribution in [0.4, 0.5) is 0 Å². The molecule has 0 heterocycles. The van der Waals surface area contributed by atoms with E-state index in [1.807, 2.05) is 27.9 Å². The zero-order valence-corrected chi connectivity index (χ0v) is 26.9. The Morgan fingerprint density at radius 3 is 2.27 bits per heavy atom. The fraction of sp³-hybridized carbons (Fsp3) is 0.935. The van der Waals surface area contributed by atoms with Crippen molar-refractivity contribution in [3.05, 3.63) is 0 Å². The molecule has 5 aliphatic carbocycles. The molecule has 11 atom stereocenters. The maximum atomic E-state index is 14.6. The molecule has 0 aliphatic heterocycles. The Kier molecular flexibility index (Phi) is 7.02. The van der Waals surface area contributed by atoms with Gasteiger partial charge in [-0.15, -0.1) is 0 Å². The van der Waals surface area contributed by atoms with Crippen molar-refractivity contribution in [2.75, 3.05) is 27.0 Å². The van der Waals surface area contributed by atoms with Crippen LogP contribution in [0.15, 0.2) is 0 Å². The summed E-state index contributed by atoms with van der Waals surface area (Å²) in [6.07, 6.45) is 6.01. The Labute approximate surface area is 241 Å². The molecule has 0 aromatic rings. The smallest absolute Gasteiger partial charge is 0.264 e. The van der Waals surface area contributed by atoms with E-state index in [0.29, 0.717) is 18.6 Å². The lowest BCUT2D eigenvalue weighted by Crippen LogP contribution is -2.64. The number of nitrogens with zero attached hydrogens (tertiary/aromatic N) is 1. The SMILES string of the molecule is CC(C)C(=O)N[C@H]1CCC23C[C@]24C(=O)C[C@]2(C)[C@@H]([C@H](C)N(C)C)[C@H](OS(C)(=O)=O)C[C@@]2(C)[C@@H]4CC[C@H]3[C@]1(C)CO. The van der Waals surface area contributed by atoms with E-state index in [0.717, 1.165) is 38.4 Å². The van der Waals surface area contributed by atoms with Crippen LogP contribution in [0, 0.1) is 50.7 Å². The Hall–Kier alpha value is -1.03. The van der Waals surface area contributed by atoms with Crippen molar-refractivity contribution in [1.29, 1.82) is 0 Å². The lowest BCUT2D eigenvalue weighted by molar-refractivity contribution is -0.173. The number of aliphatic hydroxyl groups is 1. The molecule has 1 unspecified atom stereocenters. The van der Waals surface area contributed by atoms with Crippen molar-refractivity contribution in [3.8, 4) is 0 Å². The molecule has 0 bridgehead atoms. The van der Waals surface area contributed by atoms with Crippen molar-refractivity contribution >= 4 is 21.8 Å². The highest BCUT2D eigenvalue weighted by Gasteiger charge is 2.86. The van der Waals surface area contributed by atoms with E-state index in [9.17, 15) is 23.1 Å². The van der Waals surface area contributed by atoms with Crippen LogP contribution in [0.25, 0.3) is 0 Å². The summed E-state index contributed by atoms with van der Waals surface area (Å²) in [5.41, 5.74) is -1.72. The fourth-order valence-corrected chi connectivity index (χ4v) is 11.9. The minimum Gasteiger partial charge on any atom is -0.396 e. The summed E-state index contributed by atoms with van der Waals surface area (Å²) in [6.45, 7) is 12.6. The Balaban J connectivity index is 1.54. The molecule has 2 spiro atoms. The first-order chi connectivity index (χ1) is 18.3. The fourth-order valence-electron chi connectivity index (χ4n) is 11.3. The minimum atomic E-state index is -3.67. The van der Waals surface area contributed by atoms with Crippen molar-refractivity contribution in [1.82, 2.24) is 10.2 Å².